The van der Waals surface area contributed by atoms with Crippen LogP contribution in [0.25, 0.3) is 0 Å². The van der Waals surface area contributed by atoms with Gasteiger partial charge in [0, 0.05) is 0 Å². The Balaban J connectivity index is 1.86. The van der Waals surface area contributed by atoms with Crippen molar-refractivity contribution in [3.05, 3.63) is 17.1 Å². The fraction of sp³-hybridized carbons (Fsp3) is 0.400. The highest BCUT2D eigenvalue weighted by atomic mass is 32.1. The first-order valence-electron chi connectivity index (χ1n) is 7.69. The van der Waals surface area contributed by atoms with Gasteiger partial charge in [-0.05, 0) is 25.0 Å². The predicted molar refractivity (Wildman–Crippen MR) is 93.5 cm³/mol. The van der Waals surface area contributed by atoms with Crippen molar-refractivity contribution in [2.24, 2.45) is 5.92 Å². The van der Waals surface area contributed by atoms with E-state index in [1.165, 1.54) is 16.2 Å². The summed E-state index contributed by atoms with van der Waals surface area (Å²) < 4.78 is 5.73. The van der Waals surface area contributed by atoms with Gasteiger partial charge in [0.05, 0.1) is 0 Å². The molecule has 132 valence electrons. The van der Waals surface area contributed by atoms with Gasteiger partial charge in [0.2, 0.25) is 11.0 Å². The first-order valence-corrected chi connectivity index (χ1v) is 8.51. The molecule has 1 atom stereocenters. The maximum Gasteiger partial charge on any atom is 0.270 e. The molecule has 0 aromatic carbocycles. The number of ether oxygens (including phenoxy) is 1. The largest absolute Gasteiger partial charge is 0.476 e. The minimum absolute atomic E-state index is 0.0606. The summed E-state index contributed by atoms with van der Waals surface area (Å²) in [4.78, 5) is 30.5. The van der Waals surface area contributed by atoms with Gasteiger partial charge in [-0.3, -0.25) is 19.8 Å². The van der Waals surface area contributed by atoms with Gasteiger partial charge < -0.3 is 10.5 Å². The predicted octanol–water partition coefficient (Wildman–Crippen LogP) is 1.21. The van der Waals surface area contributed by atoms with Crippen molar-refractivity contribution in [2.75, 3.05) is 22.5 Å². The van der Waals surface area contributed by atoms with Crippen LogP contribution in [0.15, 0.2) is 12.1 Å². The Hall–Kier alpha value is -2.75. The summed E-state index contributed by atoms with van der Waals surface area (Å²) in [6, 6.07) is 3.24. The van der Waals surface area contributed by atoms with Crippen LogP contribution in [0.3, 0.4) is 0 Å². The number of anilines is 3. The average Bonchev–Trinajstić information content (AvgIpc) is 2.94. The Kier molecular flexibility index (Phi) is 4.53. The standard InChI is InChI=1S/C15H18N6O3S/c1-7(2)12-14(23)21(13-9(24-12)4-5-10(16)17-13)6-11(22)18-15-20-19-8(3)25-15/h4-5,7,12H,6H2,1-3H3,(H2,16,17)(H,18,20,22). The summed E-state index contributed by atoms with van der Waals surface area (Å²) in [5.74, 6) is 0.115. The zero-order chi connectivity index (χ0) is 18.1. The number of amides is 2. The Morgan fingerprint density at radius 1 is 1.44 bits per heavy atom. The number of nitrogens with zero attached hydrogens (tertiary/aromatic N) is 4. The number of fused-ring (bicyclic) bond motifs is 1. The molecule has 2 amide bonds. The number of hydrogen-bond donors (Lipinski definition) is 2. The van der Waals surface area contributed by atoms with Gasteiger partial charge in [-0.1, -0.05) is 25.2 Å². The number of rotatable bonds is 4. The zero-order valence-electron chi connectivity index (χ0n) is 14.0. The van der Waals surface area contributed by atoms with E-state index >= 15 is 0 Å². The fourth-order valence-corrected chi connectivity index (χ4v) is 3.01. The van der Waals surface area contributed by atoms with Gasteiger partial charge in [0.25, 0.3) is 5.91 Å². The summed E-state index contributed by atoms with van der Waals surface area (Å²) in [5, 5.41) is 11.4. The Labute approximate surface area is 148 Å². The molecule has 2 aromatic heterocycles. The lowest BCUT2D eigenvalue weighted by Gasteiger charge is -2.34. The Bertz CT molecular complexity index is 821. The van der Waals surface area contributed by atoms with Crippen LogP contribution < -0.4 is 20.7 Å². The van der Waals surface area contributed by atoms with Gasteiger partial charge in [0.15, 0.2) is 17.7 Å². The second-order valence-corrected chi connectivity index (χ2v) is 7.12. The number of hydrogen-bond acceptors (Lipinski definition) is 8. The quantitative estimate of drug-likeness (QED) is 0.838. The Morgan fingerprint density at radius 3 is 2.84 bits per heavy atom. The van der Waals surface area contributed by atoms with Crippen molar-refractivity contribution < 1.29 is 14.3 Å². The van der Waals surface area contributed by atoms with E-state index in [0.717, 1.165) is 5.01 Å². The maximum atomic E-state index is 12.7. The van der Waals surface area contributed by atoms with Crippen LogP contribution in [0.1, 0.15) is 18.9 Å². The molecule has 3 heterocycles. The number of aromatic nitrogens is 3. The smallest absolute Gasteiger partial charge is 0.270 e. The van der Waals surface area contributed by atoms with Crippen LogP contribution in [-0.2, 0) is 9.59 Å². The van der Waals surface area contributed by atoms with Crippen LogP contribution in [0.5, 0.6) is 5.75 Å². The summed E-state index contributed by atoms with van der Waals surface area (Å²) in [6.07, 6.45) is -0.686. The van der Waals surface area contributed by atoms with E-state index in [4.69, 9.17) is 10.5 Å². The highest BCUT2D eigenvalue weighted by Crippen LogP contribution is 2.34. The van der Waals surface area contributed by atoms with Crippen LogP contribution in [0.4, 0.5) is 16.8 Å². The number of nitrogen functional groups attached to an aromatic ring is 1. The fourth-order valence-electron chi connectivity index (χ4n) is 2.40. The molecule has 3 rings (SSSR count). The van der Waals surface area contributed by atoms with Crippen molar-refractivity contribution in [1.29, 1.82) is 0 Å². The molecule has 9 nitrogen and oxygen atoms in total. The second kappa shape index (κ2) is 6.63. The molecule has 10 heteroatoms. The van der Waals surface area contributed by atoms with E-state index in [9.17, 15) is 9.59 Å². The van der Waals surface area contributed by atoms with Crippen LogP contribution in [-0.4, -0.2) is 39.6 Å². The molecule has 1 aliphatic heterocycles. The SMILES string of the molecule is Cc1nnc(NC(=O)CN2C(=O)C(C(C)C)Oc3ccc(N)nc32)s1. The van der Waals surface area contributed by atoms with Crippen molar-refractivity contribution in [3.8, 4) is 5.75 Å². The molecular formula is C15H18N6O3S. The van der Waals surface area contributed by atoms with Crippen LogP contribution >= 0.6 is 11.3 Å². The molecule has 0 spiro atoms. The van der Waals surface area contributed by atoms with E-state index in [2.05, 4.69) is 20.5 Å². The third kappa shape index (κ3) is 3.53. The van der Waals surface area contributed by atoms with Crippen molar-refractivity contribution in [2.45, 2.75) is 26.9 Å². The topological polar surface area (TPSA) is 123 Å². The average molecular weight is 362 g/mol. The van der Waals surface area contributed by atoms with Crippen molar-refractivity contribution in [3.63, 3.8) is 0 Å². The third-order valence-corrected chi connectivity index (χ3v) is 4.31. The number of nitrogens with two attached hydrogens (primary N) is 1. The lowest BCUT2D eigenvalue weighted by Crippen LogP contribution is -2.51. The van der Waals surface area contributed by atoms with Gasteiger partial charge >= 0.3 is 0 Å². The molecule has 0 aliphatic carbocycles. The van der Waals surface area contributed by atoms with Crippen LogP contribution in [0.2, 0.25) is 0 Å². The monoisotopic (exact) mass is 362 g/mol. The minimum atomic E-state index is -0.686. The number of carbonyl (C=O) groups excluding carboxylic acids is 2. The lowest BCUT2D eigenvalue weighted by atomic mass is 10.0. The number of nitrogens with one attached hydrogen (secondary N) is 1. The lowest BCUT2D eigenvalue weighted by molar-refractivity contribution is -0.129. The minimum Gasteiger partial charge on any atom is -0.476 e. The second-order valence-electron chi connectivity index (χ2n) is 5.94. The van der Waals surface area contributed by atoms with E-state index in [1.54, 1.807) is 19.1 Å². The number of aryl methyl sites for hydroxylation is 1. The molecule has 25 heavy (non-hydrogen) atoms. The molecule has 0 saturated carbocycles. The van der Waals surface area contributed by atoms with Gasteiger partial charge in [-0.2, -0.15) is 0 Å². The summed E-state index contributed by atoms with van der Waals surface area (Å²) in [5.41, 5.74) is 5.72. The van der Waals surface area contributed by atoms with E-state index < -0.39 is 12.0 Å². The summed E-state index contributed by atoms with van der Waals surface area (Å²) in [7, 11) is 0. The van der Waals surface area contributed by atoms with E-state index in [1.807, 2.05) is 13.8 Å². The molecule has 0 bridgehead atoms. The molecule has 1 unspecified atom stereocenters. The third-order valence-electron chi connectivity index (χ3n) is 3.56. The maximum absolute atomic E-state index is 12.7. The van der Waals surface area contributed by atoms with E-state index in [-0.39, 0.29) is 30.0 Å². The zero-order valence-corrected chi connectivity index (χ0v) is 14.8. The highest BCUT2D eigenvalue weighted by Gasteiger charge is 2.38. The number of carbonyl (C=O) groups is 2. The van der Waals surface area contributed by atoms with Gasteiger partial charge in [-0.25, -0.2) is 4.98 Å². The van der Waals surface area contributed by atoms with Gasteiger partial charge in [-0.15, -0.1) is 10.2 Å². The van der Waals surface area contributed by atoms with Crippen molar-refractivity contribution >= 4 is 39.9 Å². The molecule has 2 aromatic rings. The van der Waals surface area contributed by atoms with Crippen molar-refractivity contribution in [1.82, 2.24) is 15.2 Å². The first kappa shape index (κ1) is 17.1. The summed E-state index contributed by atoms with van der Waals surface area (Å²) in [6.45, 7) is 5.32. The van der Waals surface area contributed by atoms with Gasteiger partial charge in [0.1, 0.15) is 17.4 Å². The molecule has 0 saturated heterocycles. The molecular weight excluding hydrogens is 344 g/mol. The number of pyridine rings is 1. The molecule has 0 fully saturated rings. The Morgan fingerprint density at radius 2 is 2.20 bits per heavy atom. The molecule has 1 aliphatic rings. The first-order chi connectivity index (χ1) is 11.8. The summed E-state index contributed by atoms with van der Waals surface area (Å²) >= 11 is 1.25. The molecule has 0 radical (unpaired) electrons. The normalized spacial score (nSPS) is 16.6. The van der Waals surface area contributed by atoms with E-state index in [0.29, 0.717) is 10.9 Å². The molecule has 3 N–H and O–H groups in total. The van der Waals surface area contributed by atoms with Crippen LogP contribution in [0, 0.1) is 12.8 Å². The highest BCUT2D eigenvalue weighted by molar-refractivity contribution is 7.15.